The SMILES string of the molecule is O=C(Nc1ccccc1/C=C/c1n[nH]c2ccccc12)c1ccc[nH]1. The maximum absolute atomic E-state index is 12.3. The van der Waals surface area contributed by atoms with Crippen molar-refractivity contribution in [3.05, 3.63) is 83.8 Å². The Bertz CT molecular complexity index is 1040. The van der Waals surface area contributed by atoms with E-state index in [1.807, 2.05) is 60.7 Å². The highest BCUT2D eigenvalue weighted by molar-refractivity contribution is 6.04. The number of carbonyl (C=O) groups excluding carboxylic acids is 1. The fourth-order valence-corrected chi connectivity index (χ4v) is 2.70. The first kappa shape index (κ1) is 15.0. The van der Waals surface area contributed by atoms with E-state index < -0.39 is 0 Å². The summed E-state index contributed by atoms with van der Waals surface area (Å²) in [7, 11) is 0. The molecule has 5 nitrogen and oxygen atoms in total. The molecule has 0 saturated heterocycles. The normalized spacial score (nSPS) is 11.2. The Morgan fingerprint density at radius 2 is 1.80 bits per heavy atom. The molecule has 2 heterocycles. The van der Waals surface area contributed by atoms with Crippen molar-refractivity contribution in [2.24, 2.45) is 0 Å². The zero-order valence-corrected chi connectivity index (χ0v) is 13.4. The molecule has 2 aromatic heterocycles. The summed E-state index contributed by atoms with van der Waals surface area (Å²) in [5, 5.41) is 11.3. The van der Waals surface area contributed by atoms with Gasteiger partial charge in [-0.3, -0.25) is 9.89 Å². The minimum atomic E-state index is -0.170. The van der Waals surface area contributed by atoms with Crippen LogP contribution in [-0.2, 0) is 0 Å². The van der Waals surface area contributed by atoms with E-state index in [-0.39, 0.29) is 5.91 Å². The second-order valence-electron chi connectivity index (χ2n) is 5.61. The van der Waals surface area contributed by atoms with E-state index in [1.54, 1.807) is 18.3 Å². The fourth-order valence-electron chi connectivity index (χ4n) is 2.70. The van der Waals surface area contributed by atoms with Crippen LogP contribution in [0, 0.1) is 0 Å². The lowest BCUT2D eigenvalue weighted by molar-refractivity contribution is 0.102. The molecular formula is C20H16N4O. The van der Waals surface area contributed by atoms with Crippen LogP contribution in [0.3, 0.4) is 0 Å². The number of carbonyl (C=O) groups is 1. The highest BCUT2D eigenvalue weighted by Gasteiger charge is 2.08. The van der Waals surface area contributed by atoms with Gasteiger partial charge >= 0.3 is 0 Å². The molecule has 0 aliphatic heterocycles. The van der Waals surface area contributed by atoms with Crippen molar-refractivity contribution in [3.8, 4) is 0 Å². The zero-order valence-electron chi connectivity index (χ0n) is 13.4. The monoisotopic (exact) mass is 328 g/mol. The lowest BCUT2D eigenvalue weighted by Crippen LogP contribution is -2.12. The van der Waals surface area contributed by atoms with Crippen molar-refractivity contribution in [3.63, 3.8) is 0 Å². The Balaban J connectivity index is 1.61. The van der Waals surface area contributed by atoms with Crippen molar-refractivity contribution >= 4 is 34.6 Å². The number of aromatic amines is 2. The quantitative estimate of drug-likeness (QED) is 0.522. The first-order valence-electron chi connectivity index (χ1n) is 7.96. The third-order valence-electron chi connectivity index (χ3n) is 3.97. The van der Waals surface area contributed by atoms with E-state index in [2.05, 4.69) is 20.5 Å². The van der Waals surface area contributed by atoms with Gasteiger partial charge in [-0.15, -0.1) is 0 Å². The molecule has 4 aromatic rings. The van der Waals surface area contributed by atoms with Gasteiger partial charge < -0.3 is 10.3 Å². The number of anilines is 1. The van der Waals surface area contributed by atoms with Gasteiger partial charge in [0.05, 0.1) is 11.2 Å². The second-order valence-corrected chi connectivity index (χ2v) is 5.61. The topological polar surface area (TPSA) is 73.6 Å². The van der Waals surface area contributed by atoms with Crippen molar-refractivity contribution in [1.29, 1.82) is 0 Å². The number of hydrogen-bond acceptors (Lipinski definition) is 2. The van der Waals surface area contributed by atoms with E-state index >= 15 is 0 Å². The Morgan fingerprint density at radius 1 is 0.960 bits per heavy atom. The number of aromatic nitrogens is 3. The minimum absolute atomic E-state index is 0.170. The molecule has 25 heavy (non-hydrogen) atoms. The van der Waals surface area contributed by atoms with E-state index in [1.165, 1.54) is 0 Å². The van der Waals surface area contributed by atoms with Gasteiger partial charge in [-0.2, -0.15) is 5.10 Å². The van der Waals surface area contributed by atoms with Gasteiger partial charge in [-0.25, -0.2) is 0 Å². The number of amides is 1. The molecule has 0 saturated carbocycles. The number of fused-ring (bicyclic) bond motifs is 1. The summed E-state index contributed by atoms with van der Waals surface area (Å²) in [6.07, 6.45) is 5.62. The number of rotatable bonds is 4. The number of para-hydroxylation sites is 2. The minimum Gasteiger partial charge on any atom is -0.357 e. The molecular weight excluding hydrogens is 312 g/mol. The molecule has 0 aliphatic carbocycles. The molecule has 0 unspecified atom stereocenters. The molecule has 0 bridgehead atoms. The Morgan fingerprint density at radius 3 is 2.68 bits per heavy atom. The summed E-state index contributed by atoms with van der Waals surface area (Å²) >= 11 is 0. The number of nitrogens with zero attached hydrogens (tertiary/aromatic N) is 1. The lowest BCUT2D eigenvalue weighted by Gasteiger charge is -2.07. The largest absolute Gasteiger partial charge is 0.357 e. The van der Waals surface area contributed by atoms with Crippen molar-refractivity contribution in [1.82, 2.24) is 15.2 Å². The summed E-state index contributed by atoms with van der Waals surface area (Å²) in [6.45, 7) is 0. The average Bonchev–Trinajstić information content (AvgIpc) is 3.31. The molecule has 0 radical (unpaired) electrons. The van der Waals surface area contributed by atoms with Crippen LogP contribution in [0.2, 0.25) is 0 Å². The fraction of sp³-hybridized carbons (Fsp3) is 0. The van der Waals surface area contributed by atoms with Crippen LogP contribution in [0.4, 0.5) is 5.69 Å². The first-order chi connectivity index (χ1) is 12.3. The third-order valence-corrected chi connectivity index (χ3v) is 3.97. The molecule has 0 atom stereocenters. The molecule has 4 rings (SSSR count). The molecule has 5 heteroatoms. The predicted molar refractivity (Wildman–Crippen MR) is 100 cm³/mol. The summed E-state index contributed by atoms with van der Waals surface area (Å²) in [5.41, 5.74) is 4.04. The van der Waals surface area contributed by atoms with Crippen LogP contribution in [0.25, 0.3) is 23.1 Å². The van der Waals surface area contributed by atoms with E-state index in [9.17, 15) is 4.79 Å². The van der Waals surface area contributed by atoms with Gasteiger partial charge in [0.1, 0.15) is 5.69 Å². The smallest absolute Gasteiger partial charge is 0.272 e. The zero-order chi connectivity index (χ0) is 17.1. The number of H-pyrrole nitrogens is 2. The molecule has 2 aromatic carbocycles. The van der Waals surface area contributed by atoms with Crippen molar-refractivity contribution in [2.45, 2.75) is 0 Å². The molecule has 3 N–H and O–H groups in total. The second kappa shape index (κ2) is 6.49. The number of nitrogens with one attached hydrogen (secondary N) is 3. The number of benzene rings is 2. The maximum Gasteiger partial charge on any atom is 0.272 e. The average molecular weight is 328 g/mol. The van der Waals surface area contributed by atoms with E-state index in [4.69, 9.17) is 0 Å². The Hall–Kier alpha value is -3.60. The molecule has 0 spiro atoms. The Kier molecular flexibility index (Phi) is 3.88. The maximum atomic E-state index is 12.3. The van der Waals surface area contributed by atoms with Crippen LogP contribution < -0.4 is 5.32 Å². The highest BCUT2D eigenvalue weighted by atomic mass is 16.1. The van der Waals surface area contributed by atoms with Crippen LogP contribution in [0.15, 0.2) is 66.9 Å². The molecule has 122 valence electrons. The first-order valence-corrected chi connectivity index (χ1v) is 7.96. The lowest BCUT2D eigenvalue weighted by atomic mass is 10.1. The highest BCUT2D eigenvalue weighted by Crippen LogP contribution is 2.21. The Labute approximate surface area is 144 Å². The summed E-state index contributed by atoms with van der Waals surface area (Å²) < 4.78 is 0. The number of hydrogen-bond donors (Lipinski definition) is 3. The summed E-state index contributed by atoms with van der Waals surface area (Å²) in [4.78, 5) is 15.2. The van der Waals surface area contributed by atoms with Gasteiger partial charge in [0.15, 0.2) is 0 Å². The van der Waals surface area contributed by atoms with Gasteiger partial charge in [0.25, 0.3) is 5.91 Å². The summed E-state index contributed by atoms with van der Waals surface area (Å²) in [6, 6.07) is 19.2. The molecule has 0 aliphatic rings. The predicted octanol–water partition coefficient (Wildman–Crippen LogP) is 4.31. The van der Waals surface area contributed by atoms with E-state index in [0.29, 0.717) is 5.69 Å². The third kappa shape index (κ3) is 3.07. The standard InChI is InChI=1S/C20H16N4O/c25-20(19-10-5-13-21-19)22-16-8-3-1-6-14(16)11-12-18-15-7-2-4-9-17(15)23-24-18/h1-13,21H,(H,22,25)(H,23,24)/b12-11+. The van der Waals surface area contributed by atoms with Crippen LogP contribution in [-0.4, -0.2) is 21.1 Å². The van der Waals surface area contributed by atoms with Gasteiger partial charge in [-0.1, -0.05) is 42.5 Å². The molecule has 1 amide bonds. The van der Waals surface area contributed by atoms with E-state index in [0.717, 1.165) is 27.8 Å². The van der Waals surface area contributed by atoms with Crippen molar-refractivity contribution in [2.75, 3.05) is 5.32 Å². The molecule has 0 fully saturated rings. The van der Waals surface area contributed by atoms with Gasteiger partial charge in [0, 0.05) is 17.3 Å². The van der Waals surface area contributed by atoms with Crippen LogP contribution in [0.1, 0.15) is 21.7 Å². The van der Waals surface area contributed by atoms with Crippen LogP contribution in [0.5, 0.6) is 0 Å². The van der Waals surface area contributed by atoms with Gasteiger partial charge in [0.2, 0.25) is 0 Å². The summed E-state index contributed by atoms with van der Waals surface area (Å²) in [5.74, 6) is -0.170. The van der Waals surface area contributed by atoms with Crippen molar-refractivity contribution < 1.29 is 4.79 Å². The van der Waals surface area contributed by atoms with Gasteiger partial charge in [-0.05, 0) is 35.9 Å². The van der Waals surface area contributed by atoms with Crippen LogP contribution >= 0.6 is 0 Å².